The molecule has 5 atom stereocenters. The number of hydrogen-bond acceptors (Lipinski definition) is 2. The van der Waals surface area contributed by atoms with Gasteiger partial charge in [0.2, 0.25) is 0 Å². The van der Waals surface area contributed by atoms with Crippen molar-refractivity contribution in [2.75, 3.05) is 18.4 Å². The van der Waals surface area contributed by atoms with Crippen LogP contribution in [-0.4, -0.2) is 23.9 Å². The third-order valence-electron chi connectivity index (χ3n) is 7.89. The fourth-order valence-corrected chi connectivity index (χ4v) is 6.71. The molecule has 3 fully saturated rings. The van der Waals surface area contributed by atoms with Gasteiger partial charge >= 0.3 is 0 Å². The number of likely N-dealkylation sites (tertiary alicyclic amines) is 1. The molecule has 0 spiro atoms. The molecule has 1 saturated heterocycles. The first-order valence-corrected chi connectivity index (χ1v) is 11.0. The number of anilines is 1. The molecular formula is C25H28N2O. The zero-order valence-corrected chi connectivity index (χ0v) is 16.3. The van der Waals surface area contributed by atoms with Crippen molar-refractivity contribution in [3.8, 4) is 0 Å². The molecular weight excluding hydrogens is 344 g/mol. The number of carbonyl (C=O) groups is 1. The number of nitrogens with zero attached hydrogens (tertiary/aromatic N) is 1. The first-order chi connectivity index (χ1) is 13.8. The van der Waals surface area contributed by atoms with Gasteiger partial charge in [0.15, 0.2) is 0 Å². The standard InChI is InChI=1S/C25H28N2O/c28-25(27-12-4-5-13-27)19-10-11-21-20(15-19)22-17-8-9-18(14-17)23(22)24(26-21)16-6-2-1-3-7-16/h1-3,6-7,10-11,15,17-18,22-24,26H,4-5,8-9,12-14H2/t17-,18+,22-,23+,24-/m0/s1. The second kappa shape index (κ2) is 6.37. The number of amides is 1. The molecule has 2 bridgehead atoms. The number of rotatable bonds is 2. The Morgan fingerprint density at radius 1 is 0.964 bits per heavy atom. The number of fused-ring (bicyclic) bond motifs is 7. The van der Waals surface area contributed by atoms with E-state index in [1.54, 1.807) is 0 Å². The fraction of sp³-hybridized carbons (Fsp3) is 0.480. The van der Waals surface area contributed by atoms with E-state index in [-0.39, 0.29) is 5.91 Å². The molecule has 2 aromatic carbocycles. The van der Waals surface area contributed by atoms with E-state index in [0.29, 0.717) is 17.9 Å². The van der Waals surface area contributed by atoms with Gasteiger partial charge in [-0.25, -0.2) is 0 Å². The number of benzene rings is 2. The van der Waals surface area contributed by atoms with Gasteiger partial charge in [0.25, 0.3) is 5.91 Å². The zero-order chi connectivity index (χ0) is 18.7. The Kier molecular flexibility index (Phi) is 3.78. The van der Waals surface area contributed by atoms with E-state index in [0.717, 1.165) is 43.3 Å². The lowest BCUT2D eigenvalue weighted by Gasteiger charge is -2.43. The summed E-state index contributed by atoms with van der Waals surface area (Å²) in [5.41, 5.74) is 4.96. The van der Waals surface area contributed by atoms with Gasteiger partial charge in [-0.3, -0.25) is 4.79 Å². The van der Waals surface area contributed by atoms with Gasteiger partial charge in [-0.1, -0.05) is 30.3 Å². The highest BCUT2D eigenvalue weighted by molar-refractivity contribution is 5.95. The maximum Gasteiger partial charge on any atom is 0.253 e. The Hall–Kier alpha value is -2.29. The van der Waals surface area contributed by atoms with Crippen LogP contribution in [0.25, 0.3) is 0 Å². The Morgan fingerprint density at radius 3 is 2.57 bits per heavy atom. The van der Waals surface area contributed by atoms with Gasteiger partial charge in [-0.15, -0.1) is 0 Å². The van der Waals surface area contributed by atoms with E-state index >= 15 is 0 Å². The topological polar surface area (TPSA) is 32.3 Å². The third-order valence-corrected chi connectivity index (χ3v) is 7.89. The van der Waals surface area contributed by atoms with Crippen LogP contribution >= 0.6 is 0 Å². The smallest absolute Gasteiger partial charge is 0.253 e. The maximum absolute atomic E-state index is 13.0. The van der Waals surface area contributed by atoms with Crippen LogP contribution in [0.15, 0.2) is 48.5 Å². The second-order valence-electron chi connectivity index (χ2n) is 9.27. The lowest BCUT2D eigenvalue weighted by atomic mass is 9.68. The van der Waals surface area contributed by atoms with Crippen molar-refractivity contribution in [1.82, 2.24) is 4.90 Å². The predicted molar refractivity (Wildman–Crippen MR) is 111 cm³/mol. The molecule has 0 unspecified atom stereocenters. The highest BCUT2D eigenvalue weighted by Crippen LogP contribution is 2.63. The molecule has 4 aliphatic rings. The number of hydrogen-bond donors (Lipinski definition) is 1. The van der Waals surface area contributed by atoms with E-state index in [1.165, 1.54) is 36.1 Å². The molecule has 2 aliphatic heterocycles. The minimum absolute atomic E-state index is 0.227. The van der Waals surface area contributed by atoms with Crippen molar-refractivity contribution in [3.05, 3.63) is 65.2 Å². The third kappa shape index (κ3) is 2.45. The Labute approximate surface area is 167 Å². The molecule has 3 nitrogen and oxygen atoms in total. The van der Waals surface area contributed by atoms with Gasteiger partial charge in [0.05, 0.1) is 6.04 Å². The van der Waals surface area contributed by atoms with Crippen LogP contribution in [0.1, 0.15) is 65.5 Å². The van der Waals surface area contributed by atoms with Crippen LogP contribution in [0, 0.1) is 17.8 Å². The Balaban J connectivity index is 1.41. The van der Waals surface area contributed by atoms with Crippen LogP contribution in [-0.2, 0) is 0 Å². The van der Waals surface area contributed by atoms with Gasteiger partial charge in [-0.2, -0.15) is 0 Å². The van der Waals surface area contributed by atoms with Crippen molar-refractivity contribution in [2.24, 2.45) is 17.8 Å². The summed E-state index contributed by atoms with van der Waals surface area (Å²) < 4.78 is 0. The first kappa shape index (κ1) is 16.6. The predicted octanol–water partition coefficient (Wildman–Crippen LogP) is 5.22. The van der Waals surface area contributed by atoms with Crippen molar-refractivity contribution < 1.29 is 4.79 Å². The molecule has 2 aliphatic carbocycles. The van der Waals surface area contributed by atoms with Crippen molar-refractivity contribution in [1.29, 1.82) is 0 Å². The number of carbonyl (C=O) groups excluding carboxylic acids is 1. The summed E-state index contributed by atoms with van der Waals surface area (Å²) in [5.74, 6) is 3.10. The van der Waals surface area contributed by atoms with Gasteiger partial charge in [0, 0.05) is 24.3 Å². The summed E-state index contributed by atoms with van der Waals surface area (Å²) in [4.78, 5) is 15.0. The minimum atomic E-state index is 0.227. The van der Waals surface area contributed by atoms with Crippen molar-refractivity contribution >= 4 is 11.6 Å². The molecule has 2 saturated carbocycles. The normalized spacial score (nSPS) is 32.7. The van der Waals surface area contributed by atoms with E-state index in [1.807, 2.05) is 11.0 Å². The van der Waals surface area contributed by atoms with Gasteiger partial charge in [-0.05, 0) is 85.1 Å². The van der Waals surface area contributed by atoms with Gasteiger partial charge < -0.3 is 10.2 Å². The van der Waals surface area contributed by atoms with Crippen LogP contribution in [0.4, 0.5) is 5.69 Å². The maximum atomic E-state index is 13.0. The molecule has 0 aromatic heterocycles. The monoisotopic (exact) mass is 372 g/mol. The molecule has 1 N–H and O–H groups in total. The Morgan fingerprint density at radius 2 is 1.75 bits per heavy atom. The highest BCUT2D eigenvalue weighted by atomic mass is 16.2. The lowest BCUT2D eigenvalue weighted by Crippen LogP contribution is -2.36. The first-order valence-electron chi connectivity index (χ1n) is 11.0. The SMILES string of the molecule is O=C(c1ccc2c(c1)[C@@H]1[C@H]3CC[C@H](C3)[C@H]1[C@H](c1ccccc1)N2)N1CCCC1. The van der Waals surface area contributed by atoms with Crippen LogP contribution < -0.4 is 5.32 Å². The number of nitrogens with one attached hydrogen (secondary N) is 1. The summed E-state index contributed by atoms with van der Waals surface area (Å²) in [6.45, 7) is 1.84. The molecule has 3 heteroatoms. The molecule has 0 radical (unpaired) electrons. The van der Waals surface area contributed by atoms with Crippen LogP contribution in [0.2, 0.25) is 0 Å². The zero-order valence-electron chi connectivity index (χ0n) is 16.3. The van der Waals surface area contributed by atoms with Crippen molar-refractivity contribution in [3.63, 3.8) is 0 Å². The Bertz CT molecular complexity index is 902. The van der Waals surface area contributed by atoms with Crippen molar-refractivity contribution in [2.45, 2.75) is 44.1 Å². The average molecular weight is 373 g/mol. The molecule has 144 valence electrons. The van der Waals surface area contributed by atoms with E-state index in [9.17, 15) is 4.79 Å². The summed E-state index contributed by atoms with van der Waals surface area (Å²) >= 11 is 0. The summed E-state index contributed by atoms with van der Waals surface area (Å²) in [7, 11) is 0. The molecule has 6 rings (SSSR count). The van der Waals surface area contributed by atoms with E-state index in [2.05, 4.69) is 47.8 Å². The fourth-order valence-electron chi connectivity index (χ4n) is 6.71. The van der Waals surface area contributed by atoms with Gasteiger partial charge in [0.1, 0.15) is 0 Å². The van der Waals surface area contributed by atoms with Crippen LogP contribution in [0.3, 0.4) is 0 Å². The summed E-state index contributed by atoms with van der Waals surface area (Å²) in [6.07, 6.45) is 6.39. The van der Waals surface area contributed by atoms with Crippen LogP contribution in [0.5, 0.6) is 0 Å². The summed E-state index contributed by atoms with van der Waals surface area (Å²) in [6, 6.07) is 17.8. The highest BCUT2D eigenvalue weighted by Gasteiger charge is 2.53. The largest absolute Gasteiger partial charge is 0.378 e. The molecule has 2 heterocycles. The lowest BCUT2D eigenvalue weighted by molar-refractivity contribution is 0.0792. The average Bonchev–Trinajstić information content (AvgIpc) is 3.51. The molecule has 1 amide bonds. The molecule has 28 heavy (non-hydrogen) atoms. The minimum Gasteiger partial charge on any atom is -0.378 e. The van der Waals surface area contributed by atoms with E-state index in [4.69, 9.17) is 0 Å². The molecule has 2 aromatic rings. The van der Waals surface area contributed by atoms with E-state index < -0.39 is 0 Å². The second-order valence-corrected chi connectivity index (χ2v) is 9.27. The quantitative estimate of drug-likeness (QED) is 0.784. The summed E-state index contributed by atoms with van der Waals surface area (Å²) in [5, 5.41) is 3.88.